The van der Waals surface area contributed by atoms with Crippen molar-refractivity contribution in [1.29, 1.82) is 0 Å². The second-order valence-electron chi connectivity index (χ2n) is 5.98. The van der Waals surface area contributed by atoms with Crippen LogP contribution in [0.4, 0.5) is 0 Å². The van der Waals surface area contributed by atoms with Crippen LogP contribution in [0.25, 0.3) is 0 Å². The second kappa shape index (κ2) is 8.88. The van der Waals surface area contributed by atoms with Crippen LogP contribution in [-0.4, -0.2) is 17.4 Å². The lowest BCUT2D eigenvalue weighted by molar-refractivity contribution is -0.117. The van der Waals surface area contributed by atoms with E-state index in [4.69, 9.17) is 4.74 Å². The first-order valence-electron chi connectivity index (χ1n) is 8.26. The maximum Gasteiger partial charge on any atom is 0.214 e. The zero-order valence-electron chi connectivity index (χ0n) is 14.5. The molecule has 0 aliphatic heterocycles. The Bertz CT molecular complexity index is 738. The number of rotatable bonds is 6. The molecule has 1 atom stereocenters. The van der Waals surface area contributed by atoms with Crippen LogP contribution in [-0.2, 0) is 11.2 Å². The minimum atomic E-state index is 0.244. The van der Waals surface area contributed by atoms with Crippen LogP contribution in [0.5, 0.6) is 5.88 Å². The van der Waals surface area contributed by atoms with E-state index >= 15 is 0 Å². The van der Waals surface area contributed by atoms with E-state index in [0.29, 0.717) is 24.8 Å². The SMILES string of the molecule is CCOc1cc(C#Cc2ccc(C[C@H](C)CC(C)=O)cc2)ccn1. The van der Waals surface area contributed by atoms with Crippen molar-refractivity contribution in [2.24, 2.45) is 5.92 Å². The fraction of sp³-hybridized carbons (Fsp3) is 0.333. The third-order valence-electron chi connectivity index (χ3n) is 3.55. The van der Waals surface area contributed by atoms with Gasteiger partial charge in [-0.25, -0.2) is 4.98 Å². The Kier molecular flexibility index (Phi) is 6.57. The van der Waals surface area contributed by atoms with Gasteiger partial charge >= 0.3 is 0 Å². The van der Waals surface area contributed by atoms with Gasteiger partial charge in [0.15, 0.2) is 0 Å². The van der Waals surface area contributed by atoms with Crippen LogP contribution in [0.15, 0.2) is 42.6 Å². The third kappa shape index (κ3) is 5.89. The summed E-state index contributed by atoms with van der Waals surface area (Å²) >= 11 is 0. The summed E-state index contributed by atoms with van der Waals surface area (Å²) in [5, 5.41) is 0. The van der Waals surface area contributed by atoms with Gasteiger partial charge in [0.1, 0.15) is 5.78 Å². The molecule has 2 aromatic rings. The molecule has 0 saturated heterocycles. The molecule has 1 aromatic carbocycles. The van der Waals surface area contributed by atoms with Crippen LogP contribution in [0.3, 0.4) is 0 Å². The van der Waals surface area contributed by atoms with Gasteiger partial charge in [-0.3, -0.25) is 0 Å². The van der Waals surface area contributed by atoms with Crippen molar-refractivity contribution in [3.63, 3.8) is 0 Å². The summed E-state index contributed by atoms with van der Waals surface area (Å²) in [5.74, 6) is 7.50. The summed E-state index contributed by atoms with van der Waals surface area (Å²) in [5.41, 5.74) is 3.08. The molecule has 1 heterocycles. The minimum absolute atomic E-state index is 0.244. The molecule has 3 heteroatoms. The molecule has 2 rings (SSSR count). The number of Topliss-reactive ketones (excluding diaryl/α,β-unsaturated/α-hetero) is 1. The van der Waals surface area contributed by atoms with E-state index in [1.165, 1.54) is 5.56 Å². The molecule has 0 unspecified atom stereocenters. The Morgan fingerprint density at radius 1 is 1.17 bits per heavy atom. The van der Waals surface area contributed by atoms with Crippen LogP contribution < -0.4 is 4.74 Å². The van der Waals surface area contributed by atoms with Crippen molar-refractivity contribution in [1.82, 2.24) is 4.98 Å². The average Bonchev–Trinajstić information content (AvgIpc) is 2.54. The van der Waals surface area contributed by atoms with Gasteiger partial charge in [-0.2, -0.15) is 0 Å². The Morgan fingerprint density at radius 2 is 1.88 bits per heavy atom. The van der Waals surface area contributed by atoms with Gasteiger partial charge in [-0.05, 0) is 49.9 Å². The number of hydrogen-bond donors (Lipinski definition) is 0. The minimum Gasteiger partial charge on any atom is -0.478 e. The Hall–Kier alpha value is -2.60. The Balaban J connectivity index is 2.02. The van der Waals surface area contributed by atoms with Crippen LogP contribution >= 0.6 is 0 Å². The average molecular weight is 321 g/mol. The summed E-state index contributed by atoms with van der Waals surface area (Å²) in [4.78, 5) is 15.3. The number of ether oxygens (including phenoxy) is 1. The van der Waals surface area contributed by atoms with E-state index in [1.807, 2.05) is 31.2 Å². The predicted octanol–water partition coefficient (Wildman–Crippen LogP) is 4.04. The highest BCUT2D eigenvalue weighted by molar-refractivity contribution is 5.75. The van der Waals surface area contributed by atoms with Crippen molar-refractivity contribution in [3.8, 4) is 17.7 Å². The smallest absolute Gasteiger partial charge is 0.214 e. The maximum atomic E-state index is 11.2. The molecule has 3 nitrogen and oxygen atoms in total. The lowest BCUT2D eigenvalue weighted by Gasteiger charge is -2.09. The first kappa shape index (κ1) is 17.7. The van der Waals surface area contributed by atoms with Crippen molar-refractivity contribution in [3.05, 3.63) is 59.3 Å². The highest BCUT2D eigenvalue weighted by Gasteiger charge is 2.06. The molecule has 0 amide bonds. The Morgan fingerprint density at radius 3 is 2.54 bits per heavy atom. The molecule has 124 valence electrons. The highest BCUT2D eigenvalue weighted by atomic mass is 16.5. The number of aromatic nitrogens is 1. The van der Waals surface area contributed by atoms with Gasteiger partial charge in [-0.1, -0.05) is 30.9 Å². The van der Waals surface area contributed by atoms with Crippen molar-refractivity contribution >= 4 is 5.78 Å². The fourth-order valence-corrected chi connectivity index (χ4v) is 2.55. The third-order valence-corrected chi connectivity index (χ3v) is 3.55. The zero-order valence-corrected chi connectivity index (χ0v) is 14.5. The first-order valence-corrected chi connectivity index (χ1v) is 8.26. The van der Waals surface area contributed by atoms with E-state index < -0.39 is 0 Å². The van der Waals surface area contributed by atoms with E-state index in [2.05, 4.69) is 35.9 Å². The normalized spacial score (nSPS) is 11.3. The number of benzene rings is 1. The van der Waals surface area contributed by atoms with Crippen molar-refractivity contribution < 1.29 is 9.53 Å². The molecule has 0 fully saturated rings. The van der Waals surface area contributed by atoms with Gasteiger partial charge in [0, 0.05) is 29.8 Å². The van der Waals surface area contributed by atoms with Gasteiger partial charge < -0.3 is 9.53 Å². The van der Waals surface area contributed by atoms with E-state index in [-0.39, 0.29) is 5.78 Å². The summed E-state index contributed by atoms with van der Waals surface area (Å²) < 4.78 is 5.38. The lowest BCUT2D eigenvalue weighted by Crippen LogP contribution is -2.04. The lowest BCUT2D eigenvalue weighted by atomic mass is 9.96. The highest BCUT2D eigenvalue weighted by Crippen LogP contribution is 2.13. The van der Waals surface area contributed by atoms with Crippen LogP contribution in [0.1, 0.15) is 43.9 Å². The monoisotopic (exact) mass is 321 g/mol. The maximum absolute atomic E-state index is 11.2. The summed E-state index contributed by atoms with van der Waals surface area (Å²) in [6.07, 6.45) is 3.25. The molecule has 1 aromatic heterocycles. The molecule has 0 bridgehead atoms. The van der Waals surface area contributed by atoms with Gasteiger partial charge in [0.05, 0.1) is 6.61 Å². The topological polar surface area (TPSA) is 39.2 Å². The first-order chi connectivity index (χ1) is 11.6. The molecule has 0 saturated carbocycles. The van der Waals surface area contributed by atoms with E-state index in [1.54, 1.807) is 13.1 Å². The van der Waals surface area contributed by atoms with Crippen molar-refractivity contribution in [2.75, 3.05) is 6.61 Å². The molecule has 0 spiro atoms. The summed E-state index contributed by atoms with van der Waals surface area (Å²) in [7, 11) is 0. The number of nitrogens with zero attached hydrogens (tertiary/aromatic N) is 1. The quantitative estimate of drug-likeness (QED) is 0.754. The largest absolute Gasteiger partial charge is 0.478 e. The number of carbonyl (C=O) groups excluding carboxylic acids is 1. The number of carbonyl (C=O) groups is 1. The number of hydrogen-bond acceptors (Lipinski definition) is 3. The van der Waals surface area contributed by atoms with E-state index in [0.717, 1.165) is 17.5 Å². The number of ketones is 1. The van der Waals surface area contributed by atoms with E-state index in [9.17, 15) is 4.79 Å². The molecule has 0 radical (unpaired) electrons. The summed E-state index contributed by atoms with van der Waals surface area (Å²) in [6.45, 7) is 6.27. The second-order valence-corrected chi connectivity index (χ2v) is 5.98. The molecule has 24 heavy (non-hydrogen) atoms. The molecule has 0 N–H and O–H groups in total. The molecule has 0 aliphatic carbocycles. The predicted molar refractivity (Wildman–Crippen MR) is 96.0 cm³/mol. The number of pyridine rings is 1. The fourth-order valence-electron chi connectivity index (χ4n) is 2.55. The molecule has 0 aliphatic rings. The molecular formula is C21H23NO2. The van der Waals surface area contributed by atoms with Gasteiger partial charge in [-0.15, -0.1) is 0 Å². The zero-order chi connectivity index (χ0) is 17.4. The van der Waals surface area contributed by atoms with Gasteiger partial charge in [0.25, 0.3) is 0 Å². The molecular weight excluding hydrogens is 298 g/mol. The standard InChI is InChI=1S/C21H23NO2/c1-4-24-21-15-20(11-12-22-21)10-7-18-5-8-19(9-6-18)14-16(2)13-17(3)23/h5-6,8-9,11-12,15-16H,4,13-14H2,1-3H3/t16-/m1/s1. The summed E-state index contributed by atoms with van der Waals surface area (Å²) in [6, 6.07) is 11.9. The van der Waals surface area contributed by atoms with Gasteiger partial charge in [0.2, 0.25) is 5.88 Å². The Labute approximate surface area is 144 Å². The van der Waals surface area contributed by atoms with Crippen molar-refractivity contribution in [2.45, 2.75) is 33.6 Å². The van der Waals surface area contributed by atoms with Crippen LogP contribution in [0.2, 0.25) is 0 Å². The van der Waals surface area contributed by atoms with Crippen LogP contribution in [0, 0.1) is 17.8 Å².